The van der Waals surface area contributed by atoms with Crippen LogP contribution < -0.4 is 4.90 Å². The van der Waals surface area contributed by atoms with E-state index in [4.69, 9.17) is 4.74 Å². The molecular formula is C28H28BrN3O3S. The second-order valence-electron chi connectivity index (χ2n) is 8.97. The van der Waals surface area contributed by atoms with Gasteiger partial charge < -0.3 is 14.2 Å². The summed E-state index contributed by atoms with van der Waals surface area (Å²) in [7, 11) is 0. The van der Waals surface area contributed by atoms with Crippen molar-refractivity contribution < 1.29 is 14.3 Å². The highest BCUT2D eigenvalue weighted by Gasteiger charge is 2.35. The number of hydrogen-bond donors (Lipinski definition) is 0. The first kappa shape index (κ1) is 24.9. The standard InChI is InChI=1S/C28H28BrN3O3S/c1-19-16-22(17-26-27(33)31(28(34)36-26)11-10-21-6-4-3-5-7-21)20(2)32(19)23-8-9-25(24(29)18-23)30-12-14-35-15-13-30/h3-9,16-18H,10-15H2,1-2H3/b26-17-. The lowest BCUT2D eigenvalue weighted by atomic mass is 10.1. The van der Waals surface area contributed by atoms with Gasteiger partial charge >= 0.3 is 0 Å². The highest BCUT2D eigenvalue weighted by atomic mass is 79.9. The molecule has 0 N–H and O–H groups in total. The van der Waals surface area contributed by atoms with Crippen molar-refractivity contribution in [1.82, 2.24) is 9.47 Å². The normalized spacial score (nSPS) is 17.5. The summed E-state index contributed by atoms with van der Waals surface area (Å²) in [5.41, 5.74) is 6.34. The topological polar surface area (TPSA) is 54.8 Å². The van der Waals surface area contributed by atoms with Gasteiger partial charge in [-0.25, -0.2) is 0 Å². The number of carbonyl (C=O) groups is 2. The Labute approximate surface area is 224 Å². The zero-order chi connectivity index (χ0) is 25.2. The van der Waals surface area contributed by atoms with Gasteiger partial charge in [0.2, 0.25) is 0 Å². The Morgan fingerprint density at radius 3 is 2.50 bits per heavy atom. The molecule has 0 atom stereocenters. The largest absolute Gasteiger partial charge is 0.378 e. The van der Waals surface area contributed by atoms with E-state index in [2.05, 4.69) is 56.6 Å². The van der Waals surface area contributed by atoms with Gasteiger partial charge in [-0.15, -0.1) is 0 Å². The van der Waals surface area contributed by atoms with Crippen molar-refractivity contribution >= 4 is 50.6 Å². The molecule has 0 radical (unpaired) electrons. The van der Waals surface area contributed by atoms with Crippen molar-refractivity contribution in [2.45, 2.75) is 20.3 Å². The number of aromatic nitrogens is 1. The number of benzene rings is 2. The molecule has 6 nitrogen and oxygen atoms in total. The molecule has 3 aromatic rings. The Morgan fingerprint density at radius 2 is 1.78 bits per heavy atom. The minimum Gasteiger partial charge on any atom is -0.378 e. The quantitative estimate of drug-likeness (QED) is 0.344. The molecule has 0 unspecified atom stereocenters. The van der Waals surface area contributed by atoms with Crippen molar-refractivity contribution in [2.24, 2.45) is 0 Å². The van der Waals surface area contributed by atoms with E-state index < -0.39 is 0 Å². The maximum absolute atomic E-state index is 13.0. The highest BCUT2D eigenvalue weighted by molar-refractivity contribution is 9.10. The molecule has 8 heteroatoms. The number of amides is 2. The van der Waals surface area contributed by atoms with E-state index in [1.807, 2.05) is 43.3 Å². The molecule has 5 rings (SSSR count). The number of morpholine rings is 1. The van der Waals surface area contributed by atoms with Crippen LogP contribution in [0.3, 0.4) is 0 Å². The molecule has 0 spiro atoms. The summed E-state index contributed by atoms with van der Waals surface area (Å²) in [6.45, 7) is 7.72. The molecule has 3 heterocycles. The second kappa shape index (κ2) is 10.7. The van der Waals surface area contributed by atoms with Crippen LogP contribution in [0.1, 0.15) is 22.5 Å². The van der Waals surface area contributed by atoms with E-state index in [9.17, 15) is 9.59 Å². The van der Waals surface area contributed by atoms with Gasteiger partial charge in [-0.2, -0.15) is 0 Å². The number of thioether (sulfide) groups is 1. The molecule has 2 saturated heterocycles. The third kappa shape index (κ3) is 5.03. The number of ether oxygens (including phenoxy) is 1. The fourth-order valence-electron chi connectivity index (χ4n) is 4.75. The summed E-state index contributed by atoms with van der Waals surface area (Å²) in [5, 5.41) is -0.210. The number of nitrogens with zero attached hydrogens (tertiary/aromatic N) is 3. The third-order valence-electron chi connectivity index (χ3n) is 6.64. The summed E-state index contributed by atoms with van der Waals surface area (Å²) in [4.78, 5) is 29.8. The van der Waals surface area contributed by atoms with Crippen molar-refractivity contribution in [3.63, 3.8) is 0 Å². The number of carbonyl (C=O) groups excluding carboxylic acids is 2. The Bertz CT molecular complexity index is 1330. The van der Waals surface area contributed by atoms with E-state index in [-0.39, 0.29) is 11.1 Å². The van der Waals surface area contributed by atoms with Gasteiger partial charge in [0, 0.05) is 41.2 Å². The second-order valence-corrected chi connectivity index (χ2v) is 10.8. The van der Waals surface area contributed by atoms with E-state index in [1.165, 1.54) is 4.90 Å². The zero-order valence-corrected chi connectivity index (χ0v) is 22.8. The summed E-state index contributed by atoms with van der Waals surface area (Å²) < 4.78 is 8.70. The summed E-state index contributed by atoms with van der Waals surface area (Å²) in [6, 6.07) is 18.4. The van der Waals surface area contributed by atoms with Crippen molar-refractivity contribution in [3.05, 3.63) is 86.5 Å². The lowest BCUT2D eigenvalue weighted by molar-refractivity contribution is -0.122. The number of anilines is 1. The minimum atomic E-state index is -0.219. The predicted molar refractivity (Wildman–Crippen MR) is 149 cm³/mol. The molecule has 2 aliphatic heterocycles. The molecule has 2 aliphatic rings. The highest BCUT2D eigenvalue weighted by Crippen LogP contribution is 2.35. The Morgan fingerprint density at radius 1 is 1.03 bits per heavy atom. The van der Waals surface area contributed by atoms with E-state index in [0.29, 0.717) is 17.9 Å². The lowest BCUT2D eigenvalue weighted by Crippen LogP contribution is -2.36. The maximum Gasteiger partial charge on any atom is 0.293 e. The Hall–Kier alpha value is -2.81. The van der Waals surface area contributed by atoms with Crippen molar-refractivity contribution in [1.29, 1.82) is 0 Å². The first-order chi connectivity index (χ1) is 17.4. The van der Waals surface area contributed by atoms with Crippen LogP contribution in [0.15, 0.2) is 64.0 Å². The van der Waals surface area contributed by atoms with E-state index in [0.717, 1.165) is 76.4 Å². The van der Waals surface area contributed by atoms with Crippen LogP contribution in [0.2, 0.25) is 0 Å². The predicted octanol–water partition coefficient (Wildman–Crippen LogP) is 5.97. The van der Waals surface area contributed by atoms with Crippen LogP contribution in [0, 0.1) is 13.8 Å². The molecule has 0 saturated carbocycles. The van der Waals surface area contributed by atoms with E-state index in [1.54, 1.807) is 0 Å². The molecule has 36 heavy (non-hydrogen) atoms. The number of imide groups is 1. The van der Waals surface area contributed by atoms with Gasteiger partial charge in [0.05, 0.1) is 23.8 Å². The smallest absolute Gasteiger partial charge is 0.293 e. The van der Waals surface area contributed by atoms with Gasteiger partial charge in [0.1, 0.15) is 0 Å². The number of aryl methyl sites for hydroxylation is 1. The van der Waals surface area contributed by atoms with Gasteiger partial charge in [0.15, 0.2) is 0 Å². The number of rotatable bonds is 6. The minimum absolute atomic E-state index is 0.210. The van der Waals surface area contributed by atoms with Gasteiger partial charge in [-0.3, -0.25) is 14.5 Å². The summed E-state index contributed by atoms with van der Waals surface area (Å²) in [5.74, 6) is -0.219. The molecule has 2 amide bonds. The molecule has 1 aromatic heterocycles. The summed E-state index contributed by atoms with van der Waals surface area (Å²) >= 11 is 4.78. The van der Waals surface area contributed by atoms with Crippen molar-refractivity contribution in [3.8, 4) is 5.69 Å². The van der Waals surface area contributed by atoms with Crippen LogP contribution >= 0.6 is 27.7 Å². The molecule has 0 bridgehead atoms. The van der Waals surface area contributed by atoms with Gasteiger partial charge in [-0.05, 0) is 89.4 Å². The molecule has 186 valence electrons. The van der Waals surface area contributed by atoms with Gasteiger partial charge in [0.25, 0.3) is 11.1 Å². The Balaban J connectivity index is 1.36. The first-order valence-electron chi connectivity index (χ1n) is 12.0. The average molecular weight is 567 g/mol. The van der Waals surface area contributed by atoms with Crippen LogP contribution in [0.25, 0.3) is 11.8 Å². The molecule has 2 fully saturated rings. The molecule has 2 aromatic carbocycles. The molecule has 0 aliphatic carbocycles. The maximum atomic E-state index is 13.0. The molecular weight excluding hydrogens is 538 g/mol. The average Bonchev–Trinajstić information content (AvgIpc) is 3.31. The van der Waals surface area contributed by atoms with Crippen LogP contribution in [-0.4, -0.2) is 53.5 Å². The van der Waals surface area contributed by atoms with E-state index >= 15 is 0 Å². The monoisotopic (exact) mass is 565 g/mol. The van der Waals surface area contributed by atoms with Gasteiger partial charge in [-0.1, -0.05) is 30.3 Å². The van der Waals surface area contributed by atoms with Crippen LogP contribution in [0.4, 0.5) is 10.5 Å². The fraction of sp³-hybridized carbons (Fsp3) is 0.286. The third-order valence-corrected chi connectivity index (χ3v) is 8.18. The zero-order valence-electron chi connectivity index (χ0n) is 20.4. The fourth-order valence-corrected chi connectivity index (χ4v) is 6.22. The lowest BCUT2D eigenvalue weighted by Gasteiger charge is -2.30. The van der Waals surface area contributed by atoms with Crippen LogP contribution in [0.5, 0.6) is 0 Å². The summed E-state index contributed by atoms with van der Waals surface area (Å²) in [6.07, 6.45) is 2.50. The van der Waals surface area contributed by atoms with Crippen LogP contribution in [-0.2, 0) is 16.0 Å². The van der Waals surface area contributed by atoms with Crippen molar-refractivity contribution in [2.75, 3.05) is 37.7 Å². The first-order valence-corrected chi connectivity index (χ1v) is 13.6. The number of halogens is 1. The Kier molecular flexibility index (Phi) is 7.37. The number of hydrogen-bond acceptors (Lipinski definition) is 5. The SMILES string of the molecule is Cc1cc(/C=C2\SC(=O)N(CCc3ccccc3)C2=O)c(C)n1-c1ccc(N2CCOCC2)c(Br)c1.